The molecule has 1 aliphatic heterocycles. The van der Waals surface area contributed by atoms with Crippen molar-refractivity contribution in [2.24, 2.45) is 0 Å². The van der Waals surface area contributed by atoms with Gasteiger partial charge in [-0.25, -0.2) is 0 Å². The molecule has 0 bridgehead atoms. The average Bonchev–Trinajstić information content (AvgIpc) is 2.71. The molecule has 2 nitrogen and oxygen atoms in total. The van der Waals surface area contributed by atoms with E-state index in [2.05, 4.69) is 38.2 Å². The first-order valence-electron chi connectivity index (χ1n) is 5.62. The predicted molar refractivity (Wildman–Crippen MR) is 62.6 cm³/mol. The second-order valence-corrected chi connectivity index (χ2v) is 4.39. The molecule has 0 aromatic heterocycles. The lowest BCUT2D eigenvalue weighted by Gasteiger charge is -2.18. The van der Waals surface area contributed by atoms with Crippen LogP contribution in [-0.4, -0.2) is 19.2 Å². The molecular formula is C13H19NO. The Balaban J connectivity index is 2.22. The maximum atomic E-state index is 6.06. The number of nitrogens with one attached hydrogen (secondary N) is 1. The van der Waals surface area contributed by atoms with Gasteiger partial charge in [-0.15, -0.1) is 0 Å². The number of ether oxygens (including phenoxy) is 1. The lowest BCUT2D eigenvalue weighted by Crippen LogP contribution is -2.20. The SMILES string of the molecule is Cc1ccc(C)c(O[C@@H]2CCNC2)c1C. The van der Waals surface area contributed by atoms with Gasteiger partial charge < -0.3 is 10.1 Å². The second-order valence-electron chi connectivity index (χ2n) is 4.39. The number of hydrogen-bond acceptors (Lipinski definition) is 2. The molecule has 2 heteroatoms. The molecule has 0 spiro atoms. The standard InChI is InChI=1S/C13H19NO/c1-9-4-5-10(2)13(11(9)3)15-12-6-7-14-8-12/h4-5,12,14H,6-8H2,1-3H3/t12-/m1/s1. The van der Waals surface area contributed by atoms with E-state index in [4.69, 9.17) is 4.74 Å². The third kappa shape index (κ3) is 2.15. The first-order valence-corrected chi connectivity index (χ1v) is 5.62. The summed E-state index contributed by atoms with van der Waals surface area (Å²) < 4.78 is 6.06. The Hall–Kier alpha value is -1.02. The third-order valence-electron chi connectivity index (χ3n) is 3.17. The Kier molecular flexibility index (Phi) is 2.96. The summed E-state index contributed by atoms with van der Waals surface area (Å²) in [6.07, 6.45) is 1.47. The summed E-state index contributed by atoms with van der Waals surface area (Å²) in [6.45, 7) is 8.44. The van der Waals surface area contributed by atoms with Crippen LogP contribution < -0.4 is 10.1 Å². The average molecular weight is 205 g/mol. The molecule has 0 saturated carbocycles. The topological polar surface area (TPSA) is 21.3 Å². The van der Waals surface area contributed by atoms with Gasteiger partial charge in [-0.3, -0.25) is 0 Å². The van der Waals surface area contributed by atoms with Crippen LogP contribution in [0.5, 0.6) is 5.75 Å². The predicted octanol–water partition coefficient (Wildman–Crippen LogP) is 2.35. The Morgan fingerprint density at radius 2 is 1.93 bits per heavy atom. The van der Waals surface area contributed by atoms with Crippen LogP contribution in [0.4, 0.5) is 0 Å². The van der Waals surface area contributed by atoms with E-state index in [0.29, 0.717) is 6.10 Å². The highest BCUT2D eigenvalue weighted by atomic mass is 16.5. The molecule has 0 radical (unpaired) electrons. The van der Waals surface area contributed by atoms with E-state index in [9.17, 15) is 0 Å². The number of benzene rings is 1. The van der Waals surface area contributed by atoms with E-state index in [1.165, 1.54) is 16.7 Å². The van der Waals surface area contributed by atoms with Crippen molar-refractivity contribution in [2.75, 3.05) is 13.1 Å². The van der Waals surface area contributed by atoms with Gasteiger partial charge in [0.15, 0.2) is 0 Å². The molecular weight excluding hydrogens is 186 g/mol. The van der Waals surface area contributed by atoms with Gasteiger partial charge in [0, 0.05) is 6.54 Å². The van der Waals surface area contributed by atoms with Crippen molar-refractivity contribution < 1.29 is 4.74 Å². The minimum atomic E-state index is 0.351. The molecule has 1 N–H and O–H groups in total. The minimum absolute atomic E-state index is 0.351. The summed E-state index contributed by atoms with van der Waals surface area (Å²) in [6, 6.07) is 4.30. The largest absolute Gasteiger partial charge is 0.488 e. The first-order chi connectivity index (χ1) is 7.18. The van der Waals surface area contributed by atoms with Crippen molar-refractivity contribution in [2.45, 2.75) is 33.3 Å². The fourth-order valence-electron chi connectivity index (χ4n) is 2.00. The van der Waals surface area contributed by atoms with Crippen molar-refractivity contribution in [1.29, 1.82) is 0 Å². The van der Waals surface area contributed by atoms with Gasteiger partial charge >= 0.3 is 0 Å². The number of aryl methyl sites for hydroxylation is 2. The van der Waals surface area contributed by atoms with Crippen LogP contribution in [0.15, 0.2) is 12.1 Å². The molecule has 0 unspecified atom stereocenters. The molecule has 0 aliphatic carbocycles. The highest BCUT2D eigenvalue weighted by molar-refractivity contribution is 5.44. The van der Waals surface area contributed by atoms with Crippen LogP contribution in [-0.2, 0) is 0 Å². The number of rotatable bonds is 2. The summed E-state index contributed by atoms with van der Waals surface area (Å²) in [5.74, 6) is 1.09. The molecule has 1 aromatic rings. The summed E-state index contributed by atoms with van der Waals surface area (Å²) in [4.78, 5) is 0. The van der Waals surface area contributed by atoms with Crippen LogP contribution in [0.25, 0.3) is 0 Å². The fourth-order valence-corrected chi connectivity index (χ4v) is 2.00. The molecule has 1 aliphatic rings. The summed E-state index contributed by atoms with van der Waals surface area (Å²) in [5, 5.41) is 3.32. The van der Waals surface area contributed by atoms with Crippen LogP contribution in [0.2, 0.25) is 0 Å². The van der Waals surface area contributed by atoms with Crippen LogP contribution in [0.3, 0.4) is 0 Å². The Bertz CT molecular complexity index is 354. The van der Waals surface area contributed by atoms with E-state index >= 15 is 0 Å². The van der Waals surface area contributed by atoms with Crippen LogP contribution in [0.1, 0.15) is 23.1 Å². The molecule has 82 valence electrons. The van der Waals surface area contributed by atoms with Gasteiger partial charge in [-0.05, 0) is 50.4 Å². The van der Waals surface area contributed by atoms with Gasteiger partial charge in [0.05, 0.1) is 0 Å². The van der Waals surface area contributed by atoms with Gasteiger partial charge in [0.1, 0.15) is 11.9 Å². The van der Waals surface area contributed by atoms with Gasteiger partial charge in [-0.1, -0.05) is 12.1 Å². The molecule has 2 rings (SSSR count). The zero-order valence-corrected chi connectivity index (χ0v) is 9.76. The fraction of sp³-hybridized carbons (Fsp3) is 0.538. The monoisotopic (exact) mass is 205 g/mol. The lowest BCUT2D eigenvalue weighted by atomic mass is 10.1. The maximum absolute atomic E-state index is 6.06. The van der Waals surface area contributed by atoms with Crippen molar-refractivity contribution in [1.82, 2.24) is 5.32 Å². The Morgan fingerprint density at radius 3 is 2.60 bits per heavy atom. The molecule has 1 atom stereocenters. The van der Waals surface area contributed by atoms with Gasteiger partial charge in [-0.2, -0.15) is 0 Å². The minimum Gasteiger partial charge on any atom is -0.488 e. The molecule has 1 aromatic carbocycles. The zero-order chi connectivity index (χ0) is 10.8. The van der Waals surface area contributed by atoms with E-state index in [0.717, 1.165) is 25.3 Å². The van der Waals surface area contributed by atoms with E-state index in [-0.39, 0.29) is 0 Å². The lowest BCUT2D eigenvalue weighted by molar-refractivity contribution is 0.220. The normalized spacial score (nSPS) is 20.6. The molecule has 15 heavy (non-hydrogen) atoms. The zero-order valence-electron chi connectivity index (χ0n) is 9.76. The Morgan fingerprint density at radius 1 is 1.20 bits per heavy atom. The van der Waals surface area contributed by atoms with Crippen molar-refractivity contribution in [3.63, 3.8) is 0 Å². The van der Waals surface area contributed by atoms with Crippen molar-refractivity contribution >= 4 is 0 Å². The molecule has 1 saturated heterocycles. The smallest absolute Gasteiger partial charge is 0.125 e. The molecule has 1 fully saturated rings. The first kappa shape index (κ1) is 10.5. The Labute approximate surface area is 91.6 Å². The van der Waals surface area contributed by atoms with Gasteiger partial charge in [0.25, 0.3) is 0 Å². The van der Waals surface area contributed by atoms with Crippen LogP contribution in [0, 0.1) is 20.8 Å². The second kappa shape index (κ2) is 4.23. The molecule has 1 heterocycles. The van der Waals surface area contributed by atoms with Crippen molar-refractivity contribution in [3.8, 4) is 5.75 Å². The highest BCUT2D eigenvalue weighted by Gasteiger charge is 2.18. The van der Waals surface area contributed by atoms with E-state index < -0.39 is 0 Å². The summed E-state index contributed by atoms with van der Waals surface area (Å²) in [5.41, 5.74) is 3.83. The van der Waals surface area contributed by atoms with E-state index in [1.54, 1.807) is 0 Å². The van der Waals surface area contributed by atoms with Crippen molar-refractivity contribution in [3.05, 3.63) is 28.8 Å². The van der Waals surface area contributed by atoms with Gasteiger partial charge in [0.2, 0.25) is 0 Å². The highest BCUT2D eigenvalue weighted by Crippen LogP contribution is 2.27. The summed E-state index contributed by atoms with van der Waals surface area (Å²) >= 11 is 0. The van der Waals surface area contributed by atoms with E-state index in [1.807, 2.05) is 0 Å². The maximum Gasteiger partial charge on any atom is 0.125 e. The summed E-state index contributed by atoms with van der Waals surface area (Å²) in [7, 11) is 0. The quantitative estimate of drug-likeness (QED) is 0.800. The third-order valence-corrected chi connectivity index (χ3v) is 3.17. The number of hydrogen-bond donors (Lipinski definition) is 1. The molecule has 0 amide bonds. The van der Waals surface area contributed by atoms with Crippen LogP contribution >= 0.6 is 0 Å².